The van der Waals surface area contributed by atoms with Crippen molar-refractivity contribution < 1.29 is 9.84 Å². The highest BCUT2D eigenvalue weighted by Crippen LogP contribution is 2.27. The van der Waals surface area contributed by atoms with Gasteiger partial charge in [-0.1, -0.05) is 0 Å². The number of ether oxygens (including phenoxy) is 1. The number of nitrogens with one attached hydrogen (secondary N) is 2. The van der Waals surface area contributed by atoms with Crippen LogP contribution >= 0.6 is 0 Å². The third-order valence-electron chi connectivity index (χ3n) is 3.65. The lowest BCUT2D eigenvalue weighted by molar-refractivity contribution is -0.0176. The lowest BCUT2D eigenvalue weighted by atomic mass is 9.97. The van der Waals surface area contributed by atoms with Gasteiger partial charge in [-0.15, -0.1) is 0 Å². The molecular weight excluding hydrogens is 244 g/mol. The Morgan fingerprint density at radius 1 is 1.42 bits per heavy atom. The molecule has 6 nitrogen and oxygen atoms in total. The highest BCUT2D eigenvalue weighted by atomic mass is 16.5. The minimum absolute atomic E-state index is 0.157. The molecule has 0 amide bonds. The van der Waals surface area contributed by atoms with Crippen molar-refractivity contribution in [3.8, 4) is 0 Å². The van der Waals surface area contributed by atoms with Crippen LogP contribution < -0.4 is 10.6 Å². The molecule has 0 bridgehead atoms. The first-order chi connectivity index (χ1) is 9.07. The molecule has 19 heavy (non-hydrogen) atoms. The number of nitrogens with zero attached hydrogens (tertiary/aromatic N) is 2. The summed E-state index contributed by atoms with van der Waals surface area (Å²) in [5.41, 5.74) is 0.134. The Balaban J connectivity index is 2.05. The number of aliphatic hydroxyl groups is 1. The lowest BCUT2D eigenvalue weighted by Crippen LogP contribution is -2.43. The van der Waals surface area contributed by atoms with Gasteiger partial charge in [0.2, 0.25) is 0 Å². The van der Waals surface area contributed by atoms with Gasteiger partial charge >= 0.3 is 0 Å². The number of hydrogen-bond donors (Lipinski definition) is 3. The van der Waals surface area contributed by atoms with Crippen LogP contribution in [-0.2, 0) is 4.74 Å². The quantitative estimate of drug-likeness (QED) is 0.742. The normalized spacial score (nSPS) is 26.4. The molecule has 1 saturated heterocycles. The maximum atomic E-state index is 10.4. The molecule has 1 fully saturated rings. The van der Waals surface area contributed by atoms with E-state index in [1.54, 1.807) is 0 Å². The molecular formula is C13H22N4O2. The zero-order valence-corrected chi connectivity index (χ0v) is 11.7. The average molecular weight is 266 g/mol. The fourth-order valence-corrected chi connectivity index (χ4v) is 2.21. The Morgan fingerprint density at radius 2 is 2.11 bits per heavy atom. The van der Waals surface area contributed by atoms with Crippen LogP contribution in [0.2, 0.25) is 0 Å². The first kappa shape index (κ1) is 14.0. The minimum atomic E-state index is -0.824. The summed E-state index contributed by atoms with van der Waals surface area (Å²) in [7, 11) is 0. The summed E-state index contributed by atoms with van der Waals surface area (Å²) < 4.78 is 5.41. The molecule has 106 valence electrons. The maximum Gasteiger partial charge on any atom is 0.134 e. The fraction of sp³-hybridized carbons (Fsp3) is 0.692. The van der Waals surface area contributed by atoms with E-state index in [0.717, 1.165) is 23.7 Å². The monoisotopic (exact) mass is 266 g/mol. The molecule has 2 unspecified atom stereocenters. The van der Waals surface area contributed by atoms with Gasteiger partial charge < -0.3 is 20.5 Å². The molecule has 0 saturated carbocycles. The highest BCUT2D eigenvalue weighted by Gasteiger charge is 2.39. The van der Waals surface area contributed by atoms with E-state index >= 15 is 0 Å². The van der Waals surface area contributed by atoms with E-state index in [1.165, 1.54) is 6.33 Å². The predicted molar refractivity (Wildman–Crippen MR) is 74.4 cm³/mol. The Kier molecular flexibility index (Phi) is 4.21. The Morgan fingerprint density at radius 3 is 2.68 bits per heavy atom. The molecule has 3 N–H and O–H groups in total. The molecule has 1 aliphatic heterocycles. The van der Waals surface area contributed by atoms with Crippen molar-refractivity contribution in [3.63, 3.8) is 0 Å². The van der Waals surface area contributed by atoms with Crippen LogP contribution in [0.25, 0.3) is 0 Å². The van der Waals surface area contributed by atoms with E-state index in [9.17, 15) is 5.11 Å². The van der Waals surface area contributed by atoms with Gasteiger partial charge in [-0.25, -0.2) is 9.97 Å². The third-order valence-corrected chi connectivity index (χ3v) is 3.65. The Hall–Kier alpha value is -1.40. The number of aromatic nitrogens is 2. The van der Waals surface area contributed by atoms with Gasteiger partial charge in [-0.3, -0.25) is 0 Å². The van der Waals surface area contributed by atoms with Crippen LogP contribution in [0.4, 0.5) is 11.6 Å². The van der Waals surface area contributed by atoms with Gasteiger partial charge in [0, 0.05) is 31.7 Å². The van der Waals surface area contributed by atoms with E-state index in [-0.39, 0.29) is 6.10 Å². The first-order valence-corrected chi connectivity index (χ1v) is 6.70. The summed E-state index contributed by atoms with van der Waals surface area (Å²) >= 11 is 0. The smallest absolute Gasteiger partial charge is 0.134 e. The molecule has 2 heterocycles. The van der Waals surface area contributed by atoms with E-state index < -0.39 is 5.60 Å². The first-order valence-electron chi connectivity index (χ1n) is 6.70. The number of anilines is 2. The molecule has 0 aliphatic carbocycles. The molecule has 1 aliphatic rings. The van der Waals surface area contributed by atoms with E-state index in [1.807, 2.05) is 20.8 Å². The lowest BCUT2D eigenvalue weighted by Gasteiger charge is -2.26. The van der Waals surface area contributed by atoms with Crippen molar-refractivity contribution in [1.29, 1.82) is 0 Å². The largest absolute Gasteiger partial charge is 0.385 e. The zero-order chi connectivity index (χ0) is 13.9. The molecule has 6 heteroatoms. The number of hydrogen-bond acceptors (Lipinski definition) is 6. The van der Waals surface area contributed by atoms with E-state index in [4.69, 9.17) is 4.74 Å². The van der Waals surface area contributed by atoms with Crippen LogP contribution in [0.15, 0.2) is 6.33 Å². The fourth-order valence-electron chi connectivity index (χ4n) is 2.21. The summed E-state index contributed by atoms with van der Waals surface area (Å²) in [6.07, 6.45) is 2.01. The summed E-state index contributed by atoms with van der Waals surface area (Å²) in [5.74, 6) is 1.57. The molecule has 2 rings (SSSR count). The van der Waals surface area contributed by atoms with Crippen LogP contribution in [0, 0.1) is 6.92 Å². The van der Waals surface area contributed by atoms with Gasteiger partial charge in [0.15, 0.2) is 0 Å². The molecule has 0 radical (unpaired) electrons. The van der Waals surface area contributed by atoms with Crippen molar-refractivity contribution in [1.82, 2.24) is 9.97 Å². The van der Waals surface area contributed by atoms with Gasteiger partial charge in [0.25, 0.3) is 0 Å². The van der Waals surface area contributed by atoms with Crippen molar-refractivity contribution in [2.24, 2.45) is 0 Å². The predicted octanol–water partition coefficient (Wildman–Crippen LogP) is 1.17. The van der Waals surface area contributed by atoms with Crippen LogP contribution in [-0.4, -0.2) is 46.5 Å². The molecule has 1 aromatic rings. The summed E-state index contributed by atoms with van der Waals surface area (Å²) in [6, 6.07) is 0. The minimum Gasteiger partial charge on any atom is -0.385 e. The Bertz CT molecular complexity index is 441. The van der Waals surface area contributed by atoms with Crippen molar-refractivity contribution in [3.05, 3.63) is 11.9 Å². The zero-order valence-electron chi connectivity index (χ0n) is 11.7. The molecule has 0 spiro atoms. The molecule has 2 atom stereocenters. The van der Waals surface area contributed by atoms with Crippen LogP contribution in [0.3, 0.4) is 0 Å². The van der Waals surface area contributed by atoms with Crippen molar-refractivity contribution in [2.75, 3.05) is 30.3 Å². The summed E-state index contributed by atoms with van der Waals surface area (Å²) in [4.78, 5) is 8.42. The topological polar surface area (TPSA) is 79.3 Å². The summed E-state index contributed by atoms with van der Waals surface area (Å²) in [6.45, 7) is 7.72. The van der Waals surface area contributed by atoms with Crippen molar-refractivity contribution >= 4 is 11.6 Å². The van der Waals surface area contributed by atoms with Gasteiger partial charge in [-0.05, 0) is 20.8 Å². The van der Waals surface area contributed by atoms with Crippen molar-refractivity contribution in [2.45, 2.75) is 38.9 Å². The van der Waals surface area contributed by atoms with Gasteiger partial charge in [-0.2, -0.15) is 0 Å². The van der Waals surface area contributed by atoms with E-state index in [2.05, 4.69) is 20.6 Å². The molecule has 1 aromatic heterocycles. The van der Waals surface area contributed by atoms with Gasteiger partial charge in [0.1, 0.15) is 23.6 Å². The second-order valence-electron chi connectivity index (χ2n) is 4.95. The highest BCUT2D eigenvalue weighted by molar-refractivity contribution is 5.56. The average Bonchev–Trinajstić information content (AvgIpc) is 2.71. The van der Waals surface area contributed by atoms with Crippen LogP contribution in [0.1, 0.15) is 25.8 Å². The Labute approximate surface area is 113 Å². The van der Waals surface area contributed by atoms with Gasteiger partial charge in [0.05, 0.1) is 6.10 Å². The third kappa shape index (κ3) is 2.96. The number of rotatable bonds is 5. The maximum absolute atomic E-state index is 10.4. The standard InChI is InChI=1S/C13H22N4O2/c1-4-14-11-9(2)12(17-8-16-11)15-7-13(18)5-6-19-10(13)3/h8,10,18H,4-7H2,1-3H3,(H2,14,15,16,17). The molecule has 0 aromatic carbocycles. The SMILES string of the molecule is CCNc1ncnc(NCC2(O)CCOC2C)c1C. The van der Waals surface area contributed by atoms with E-state index in [0.29, 0.717) is 19.6 Å². The second kappa shape index (κ2) is 5.71. The summed E-state index contributed by atoms with van der Waals surface area (Å²) in [5, 5.41) is 16.8. The second-order valence-corrected chi connectivity index (χ2v) is 4.95. The van der Waals surface area contributed by atoms with Crippen LogP contribution in [0.5, 0.6) is 0 Å².